The zero-order valence-corrected chi connectivity index (χ0v) is 16.6. The first kappa shape index (κ1) is 85.0. The van der Waals surface area contributed by atoms with Crippen LogP contribution in [0.25, 0.3) is 0 Å². The van der Waals surface area contributed by atoms with Crippen LogP contribution in [0.15, 0.2) is 48.5 Å². The minimum absolute atomic E-state index is 0. The van der Waals surface area contributed by atoms with E-state index < -0.39 is 0 Å². The zero-order valence-electron chi connectivity index (χ0n) is 16.6. The van der Waals surface area contributed by atoms with Crippen molar-refractivity contribution in [2.45, 2.75) is 102 Å². The molecule has 0 spiro atoms. The van der Waals surface area contributed by atoms with Crippen molar-refractivity contribution in [3.63, 3.8) is 0 Å². The summed E-state index contributed by atoms with van der Waals surface area (Å²) < 4.78 is 0. The zero-order chi connectivity index (χ0) is 19.4. The van der Waals surface area contributed by atoms with Gasteiger partial charge in [-0.25, -0.2) is 0 Å². The Hall–Kier alpha value is -1.76. The van der Waals surface area contributed by atoms with Crippen LogP contribution in [0.3, 0.4) is 0 Å². The topological polar surface area (TPSA) is 138 Å². The Bertz CT molecular complexity index is 367. The third-order valence-electron chi connectivity index (χ3n) is 2.24. The van der Waals surface area contributed by atoms with Gasteiger partial charge in [-0.15, -0.1) is 0 Å². The Morgan fingerprint density at radius 2 is 0.559 bits per heavy atom. The summed E-state index contributed by atoms with van der Waals surface area (Å²) in [4.78, 5) is 0. The van der Waals surface area contributed by atoms with Crippen LogP contribution in [0.1, 0.15) is 99.2 Å². The highest BCUT2D eigenvalue weighted by Gasteiger charge is 1.84. The molecule has 0 aliphatic rings. The maximum atomic E-state index is 3.76. The van der Waals surface area contributed by atoms with Gasteiger partial charge in [-0.1, -0.05) is 110 Å². The second kappa shape index (κ2) is 69.7. The van der Waals surface area contributed by atoms with Gasteiger partial charge in [-0.05, 0) is 52.0 Å². The van der Waals surface area contributed by atoms with Crippen LogP contribution >= 0.6 is 0 Å². The van der Waals surface area contributed by atoms with Crippen LogP contribution in [0, 0.1) is 13.8 Å². The first-order valence-electron chi connectivity index (χ1n) is 8.47. The monoisotopic (exact) mass is 501 g/mol. The van der Waals surface area contributed by atoms with Crippen LogP contribution in [-0.2, 0) is 0 Å². The number of aryl methyl sites for hydroxylation is 2. The van der Waals surface area contributed by atoms with Crippen molar-refractivity contribution in [1.82, 2.24) is 0 Å². The average molecular weight is 501 g/mol. The minimum Gasteiger partial charge on any atom is -0.360 e. The molecular formula is C29H82N5+5. The van der Waals surface area contributed by atoms with Crippen LogP contribution in [0.2, 0.25) is 0 Å². The van der Waals surface area contributed by atoms with E-state index >= 15 is 0 Å². The van der Waals surface area contributed by atoms with Gasteiger partial charge >= 0.3 is 0 Å². The summed E-state index contributed by atoms with van der Waals surface area (Å²) in [5, 5.41) is 0. The predicted octanol–water partition coefficient (Wildman–Crippen LogP) is 5.45. The molecule has 0 bridgehead atoms. The predicted molar refractivity (Wildman–Crippen MR) is 170 cm³/mol. The van der Waals surface area contributed by atoms with Crippen molar-refractivity contribution in [3.8, 4) is 0 Å². The largest absolute Gasteiger partial charge is 0.360 e. The van der Waals surface area contributed by atoms with Gasteiger partial charge in [-0.2, -0.15) is 0 Å². The Morgan fingerprint density at radius 1 is 0.441 bits per heavy atom. The highest BCUT2D eigenvalue weighted by atomic mass is 14.5. The second-order valence-corrected chi connectivity index (χ2v) is 4.97. The van der Waals surface area contributed by atoms with Crippen LogP contribution < -0.4 is 28.7 Å². The molecule has 0 atom stereocenters. The summed E-state index contributed by atoms with van der Waals surface area (Å²) in [5.41, 5.74) is 22.5. The van der Waals surface area contributed by atoms with E-state index in [0.717, 1.165) is 24.5 Å². The molecule has 0 radical (unpaired) electrons. The maximum absolute atomic E-state index is 3.76. The number of benzene rings is 2. The third kappa shape index (κ3) is 77.7. The molecule has 34 heavy (non-hydrogen) atoms. The fourth-order valence-corrected chi connectivity index (χ4v) is 1.18. The molecule has 0 aliphatic heterocycles. The highest BCUT2D eigenvalue weighted by Crippen LogP contribution is 2.01. The molecule has 2 aromatic carbocycles. The first-order chi connectivity index (χ1) is 11.4. The van der Waals surface area contributed by atoms with Crippen molar-refractivity contribution in [1.29, 1.82) is 0 Å². The molecule has 5 heteroatoms. The molecule has 15 N–H and O–H groups in total. The van der Waals surface area contributed by atoms with Crippen LogP contribution in [0.4, 0.5) is 11.4 Å². The number of hydrogen-bond donors (Lipinski definition) is 5. The molecule has 0 unspecified atom stereocenters. The summed E-state index contributed by atoms with van der Waals surface area (Å²) >= 11 is 0. The van der Waals surface area contributed by atoms with Gasteiger partial charge in [0.2, 0.25) is 0 Å². The number of hydrogen-bond acceptors (Lipinski definition) is 0. The summed E-state index contributed by atoms with van der Waals surface area (Å²) in [6.07, 6.45) is 0. The standard InChI is InChI=1S/2C7H9N.2C2H7N.CH5N.10CH4/c2*1-6-2-4-7(8)5-3-6;2*1-2-3;1-2;;;;;;;;;;/h2*2-5H,8H2,1H3;2*2-3H2,1H3;2H2,1H3;10*1H4/p+5. The SMILES string of the molecule is C.C.C.C.C.C.C.C.C.C.CC[NH3+].CC[NH3+].C[NH3+].Cc1ccc([NH3+])cc1.Cc1ccc([NH3+])cc1. The van der Waals surface area contributed by atoms with Gasteiger partial charge in [-0.3, -0.25) is 0 Å². The number of rotatable bonds is 0. The molecule has 5 nitrogen and oxygen atoms in total. The minimum atomic E-state index is 0. The molecule has 2 rings (SSSR count). The molecule has 0 fully saturated rings. The Labute approximate surface area is 221 Å². The highest BCUT2D eigenvalue weighted by molar-refractivity contribution is 5.30. The Balaban J connectivity index is -0.0000000148. The van der Waals surface area contributed by atoms with Crippen molar-refractivity contribution in [2.24, 2.45) is 0 Å². The van der Waals surface area contributed by atoms with Gasteiger partial charge in [0.1, 0.15) is 11.4 Å². The molecule has 0 aliphatic carbocycles. The van der Waals surface area contributed by atoms with E-state index in [4.69, 9.17) is 0 Å². The van der Waals surface area contributed by atoms with E-state index in [-0.39, 0.29) is 74.3 Å². The lowest BCUT2D eigenvalue weighted by Gasteiger charge is -1.87. The fraction of sp³-hybridized carbons (Fsp3) is 0.586. The van der Waals surface area contributed by atoms with E-state index in [9.17, 15) is 0 Å². The van der Waals surface area contributed by atoms with E-state index in [1.165, 1.54) is 11.1 Å². The summed E-state index contributed by atoms with van der Waals surface area (Å²) in [6, 6.07) is 16.3. The lowest BCUT2D eigenvalue weighted by atomic mass is 10.2. The van der Waals surface area contributed by atoms with Crippen molar-refractivity contribution < 1.29 is 28.7 Å². The Kier molecular flexibility index (Phi) is 174. The summed E-state index contributed by atoms with van der Waals surface area (Å²) in [7, 11) is 1.75. The number of quaternary nitrogens is 5. The molecule has 2 aromatic rings. The lowest BCUT2D eigenvalue weighted by Crippen LogP contribution is -2.48. The van der Waals surface area contributed by atoms with E-state index in [0.29, 0.717) is 0 Å². The molecular weight excluding hydrogens is 418 g/mol. The maximum Gasteiger partial charge on any atom is 0.127 e. The lowest BCUT2D eigenvalue weighted by molar-refractivity contribution is -0.362. The summed E-state index contributed by atoms with van der Waals surface area (Å²) in [6.45, 7) is 10.2. The van der Waals surface area contributed by atoms with Gasteiger partial charge in [0.15, 0.2) is 0 Å². The third-order valence-corrected chi connectivity index (χ3v) is 2.24. The van der Waals surface area contributed by atoms with E-state index in [2.05, 4.69) is 66.8 Å². The molecule has 0 aromatic heterocycles. The quantitative estimate of drug-likeness (QED) is 0.314. The molecule has 0 saturated carbocycles. The molecule has 218 valence electrons. The normalized spacial score (nSPS) is 5.59. The molecule has 0 saturated heterocycles. The van der Waals surface area contributed by atoms with Gasteiger partial charge in [0.05, 0.1) is 20.1 Å². The van der Waals surface area contributed by atoms with Gasteiger partial charge < -0.3 is 28.7 Å². The van der Waals surface area contributed by atoms with Crippen molar-refractivity contribution in [2.75, 3.05) is 20.1 Å². The van der Waals surface area contributed by atoms with Crippen LogP contribution in [-0.4, -0.2) is 20.1 Å². The van der Waals surface area contributed by atoms with E-state index in [1.807, 2.05) is 38.1 Å². The Morgan fingerprint density at radius 3 is 0.647 bits per heavy atom. The van der Waals surface area contributed by atoms with Gasteiger partial charge in [0, 0.05) is 0 Å². The van der Waals surface area contributed by atoms with E-state index in [1.54, 1.807) is 7.05 Å². The fourth-order valence-electron chi connectivity index (χ4n) is 1.18. The molecule has 0 heterocycles. The van der Waals surface area contributed by atoms with Crippen molar-refractivity contribution >= 4 is 11.4 Å². The van der Waals surface area contributed by atoms with Gasteiger partial charge in [0.25, 0.3) is 0 Å². The average Bonchev–Trinajstić information content (AvgIpc) is 2.57. The second-order valence-electron chi connectivity index (χ2n) is 4.97. The van der Waals surface area contributed by atoms with Crippen molar-refractivity contribution in [3.05, 3.63) is 59.7 Å². The summed E-state index contributed by atoms with van der Waals surface area (Å²) in [5.74, 6) is 0. The smallest absolute Gasteiger partial charge is 0.127 e. The first-order valence-corrected chi connectivity index (χ1v) is 8.47. The molecule has 0 amide bonds. The van der Waals surface area contributed by atoms with Crippen LogP contribution in [0.5, 0.6) is 0 Å².